The molecule has 1 saturated heterocycles. The number of likely N-dealkylation sites (tertiary alicyclic amines) is 1. The number of piperidine rings is 1. The molecule has 6 nitrogen and oxygen atoms in total. The van der Waals surface area contributed by atoms with Crippen LogP contribution in [0, 0.1) is 11.3 Å². The number of halogens is 1. The van der Waals surface area contributed by atoms with E-state index in [4.69, 9.17) is 9.47 Å². The molecule has 1 saturated carbocycles. The third kappa shape index (κ3) is 5.24. The van der Waals surface area contributed by atoms with Crippen LogP contribution in [-0.4, -0.2) is 48.0 Å². The van der Waals surface area contributed by atoms with E-state index < -0.39 is 23.9 Å². The van der Waals surface area contributed by atoms with Crippen LogP contribution < -0.4 is 5.32 Å². The molecule has 2 fully saturated rings. The van der Waals surface area contributed by atoms with E-state index in [1.165, 1.54) is 0 Å². The highest BCUT2D eigenvalue weighted by atomic mass is 19.1. The minimum absolute atomic E-state index is 0.151. The van der Waals surface area contributed by atoms with Gasteiger partial charge in [0.05, 0.1) is 6.04 Å². The molecule has 0 unspecified atom stereocenters. The Balaban J connectivity index is 1.58. The number of rotatable bonds is 3. The summed E-state index contributed by atoms with van der Waals surface area (Å²) in [7, 11) is 0. The van der Waals surface area contributed by atoms with E-state index in [9.17, 15) is 14.0 Å². The maximum absolute atomic E-state index is 15.0. The van der Waals surface area contributed by atoms with Crippen molar-refractivity contribution < 1.29 is 23.5 Å². The first-order valence-electron chi connectivity index (χ1n) is 10.7. The maximum Gasteiger partial charge on any atom is 0.410 e. The first-order chi connectivity index (χ1) is 14.1. The number of amides is 2. The molecule has 0 radical (unpaired) electrons. The van der Waals surface area contributed by atoms with Crippen molar-refractivity contribution in [3.8, 4) is 0 Å². The minimum atomic E-state index is -1.13. The molecule has 1 aromatic carbocycles. The van der Waals surface area contributed by atoms with Gasteiger partial charge in [-0.1, -0.05) is 37.3 Å². The van der Waals surface area contributed by atoms with Gasteiger partial charge in [-0.15, -0.1) is 0 Å². The standard InChI is InChI=1S/C23H33FN2O4/c1-16-14-23(19(18(16)24)25-20(27)30-22(2,3)4)10-12-26(13-11-23)21(28)29-15-17-8-6-5-7-9-17/h5-9,16,18-19H,10-15H2,1-4H3,(H,25,27)/t16-,18+,19+/m1/s1. The normalized spacial score (nSPS) is 25.8. The van der Waals surface area contributed by atoms with E-state index in [1.807, 2.05) is 37.3 Å². The Hall–Kier alpha value is -2.31. The summed E-state index contributed by atoms with van der Waals surface area (Å²) in [5.74, 6) is -0.151. The van der Waals surface area contributed by atoms with Crippen LogP contribution in [0.2, 0.25) is 0 Å². The number of carbonyl (C=O) groups excluding carboxylic acids is 2. The summed E-state index contributed by atoms with van der Waals surface area (Å²) in [4.78, 5) is 26.4. The van der Waals surface area contributed by atoms with Crippen LogP contribution in [0.25, 0.3) is 0 Å². The predicted molar refractivity (Wildman–Crippen MR) is 112 cm³/mol. The maximum atomic E-state index is 15.0. The second-order valence-corrected chi connectivity index (χ2v) is 9.64. The monoisotopic (exact) mass is 420 g/mol. The minimum Gasteiger partial charge on any atom is -0.445 e. The molecular formula is C23H33FN2O4. The number of benzene rings is 1. The highest BCUT2D eigenvalue weighted by Crippen LogP contribution is 2.50. The molecule has 7 heteroatoms. The lowest BCUT2D eigenvalue weighted by Gasteiger charge is -2.43. The van der Waals surface area contributed by atoms with Gasteiger partial charge in [0.2, 0.25) is 0 Å². The van der Waals surface area contributed by atoms with Gasteiger partial charge in [0.1, 0.15) is 18.4 Å². The van der Waals surface area contributed by atoms with Gasteiger partial charge in [-0.25, -0.2) is 14.0 Å². The van der Waals surface area contributed by atoms with Gasteiger partial charge in [0.25, 0.3) is 0 Å². The van der Waals surface area contributed by atoms with E-state index in [1.54, 1.807) is 25.7 Å². The van der Waals surface area contributed by atoms with Crippen LogP contribution in [0.4, 0.5) is 14.0 Å². The molecule has 3 rings (SSSR count). The summed E-state index contributed by atoms with van der Waals surface area (Å²) in [5.41, 5.74) is -0.0729. The molecule has 1 N–H and O–H groups in total. The number of alkyl halides is 1. The fourth-order valence-electron chi connectivity index (χ4n) is 4.67. The summed E-state index contributed by atoms with van der Waals surface area (Å²) in [5, 5.41) is 2.80. The molecule has 3 atom stereocenters. The van der Waals surface area contributed by atoms with Gasteiger partial charge in [0.15, 0.2) is 0 Å². The zero-order valence-corrected chi connectivity index (χ0v) is 18.3. The predicted octanol–water partition coefficient (Wildman–Crippen LogP) is 4.68. The number of hydrogen-bond acceptors (Lipinski definition) is 4. The molecule has 0 bridgehead atoms. The van der Waals surface area contributed by atoms with Crippen LogP contribution in [0.15, 0.2) is 30.3 Å². The number of hydrogen-bond donors (Lipinski definition) is 1. The summed E-state index contributed by atoms with van der Waals surface area (Å²) >= 11 is 0. The second kappa shape index (κ2) is 8.82. The van der Waals surface area contributed by atoms with Gasteiger partial charge in [-0.05, 0) is 56.9 Å². The van der Waals surface area contributed by atoms with Crippen molar-refractivity contribution in [3.05, 3.63) is 35.9 Å². The molecule has 1 aliphatic heterocycles. The number of ether oxygens (including phenoxy) is 2. The number of carbonyl (C=O) groups is 2. The van der Waals surface area contributed by atoms with Crippen molar-refractivity contribution in [2.75, 3.05) is 13.1 Å². The highest BCUT2D eigenvalue weighted by molar-refractivity contribution is 5.69. The molecule has 0 aromatic heterocycles. The number of nitrogens with one attached hydrogen (secondary N) is 1. The molecule has 1 aromatic rings. The van der Waals surface area contributed by atoms with Gasteiger partial charge in [0, 0.05) is 13.1 Å². The van der Waals surface area contributed by atoms with E-state index in [0.29, 0.717) is 32.4 Å². The van der Waals surface area contributed by atoms with Crippen molar-refractivity contribution in [1.29, 1.82) is 0 Å². The van der Waals surface area contributed by atoms with Crippen molar-refractivity contribution in [3.63, 3.8) is 0 Å². The van der Waals surface area contributed by atoms with Gasteiger partial charge < -0.3 is 19.7 Å². The first-order valence-corrected chi connectivity index (χ1v) is 10.7. The summed E-state index contributed by atoms with van der Waals surface area (Å²) in [6.45, 7) is 8.43. The topological polar surface area (TPSA) is 67.9 Å². The summed E-state index contributed by atoms with van der Waals surface area (Å²) in [6, 6.07) is 8.93. The fraction of sp³-hybridized carbons (Fsp3) is 0.652. The Morgan fingerprint density at radius 1 is 1.20 bits per heavy atom. The highest BCUT2D eigenvalue weighted by Gasteiger charge is 2.54. The Kier molecular flexibility index (Phi) is 6.58. The smallest absolute Gasteiger partial charge is 0.410 e. The van der Waals surface area contributed by atoms with E-state index in [-0.39, 0.29) is 24.0 Å². The zero-order valence-electron chi connectivity index (χ0n) is 18.3. The first kappa shape index (κ1) is 22.4. The Bertz CT molecular complexity index is 741. The van der Waals surface area contributed by atoms with Gasteiger partial charge in [-0.3, -0.25) is 0 Å². The van der Waals surface area contributed by atoms with Crippen molar-refractivity contribution >= 4 is 12.2 Å². The van der Waals surface area contributed by atoms with Crippen LogP contribution in [0.1, 0.15) is 52.5 Å². The largest absolute Gasteiger partial charge is 0.445 e. The third-order valence-electron chi connectivity index (χ3n) is 6.15. The molecule has 2 amide bonds. The molecule has 30 heavy (non-hydrogen) atoms. The molecule has 1 aliphatic carbocycles. The average molecular weight is 421 g/mol. The van der Waals surface area contributed by atoms with Crippen molar-refractivity contribution in [2.24, 2.45) is 11.3 Å². The van der Waals surface area contributed by atoms with Crippen LogP contribution in [-0.2, 0) is 16.1 Å². The third-order valence-corrected chi connectivity index (χ3v) is 6.15. The van der Waals surface area contributed by atoms with Crippen LogP contribution in [0.3, 0.4) is 0 Å². The summed E-state index contributed by atoms with van der Waals surface area (Å²) < 4.78 is 25.8. The lowest BCUT2D eigenvalue weighted by Crippen LogP contribution is -2.54. The Labute approximate surface area is 178 Å². The average Bonchev–Trinajstić information content (AvgIpc) is 2.90. The molecule has 1 spiro atoms. The van der Waals surface area contributed by atoms with Crippen molar-refractivity contribution in [2.45, 2.75) is 71.4 Å². The lowest BCUT2D eigenvalue weighted by molar-refractivity contribution is 0.0272. The SMILES string of the molecule is C[C@@H]1CC2(CCN(C(=O)OCc3ccccc3)CC2)[C@@H](NC(=O)OC(C)(C)C)[C@H]1F. The van der Waals surface area contributed by atoms with E-state index in [2.05, 4.69) is 5.32 Å². The Morgan fingerprint density at radius 3 is 2.43 bits per heavy atom. The quantitative estimate of drug-likeness (QED) is 0.771. The molecular weight excluding hydrogens is 387 g/mol. The fourth-order valence-corrected chi connectivity index (χ4v) is 4.67. The van der Waals surface area contributed by atoms with Crippen LogP contribution >= 0.6 is 0 Å². The number of nitrogens with zero attached hydrogens (tertiary/aromatic N) is 1. The number of alkyl carbamates (subject to hydrolysis) is 1. The van der Waals surface area contributed by atoms with Crippen LogP contribution in [0.5, 0.6) is 0 Å². The Morgan fingerprint density at radius 2 is 1.83 bits per heavy atom. The molecule has 166 valence electrons. The zero-order chi connectivity index (χ0) is 21.9. The van der Waals surface area contributed by atoms with Gasteiger partial charge in [-0.2, -0.15) is 0 Å². The second-order valence-electron chi connectivity index (χ2n) is 9.64. The summed E-state index contributed by atoms with van der Waals surface area (Å²) in [6.07, 6.45) is -0.144. The molecule has 2 aliphatic rings. The van der Waals surface area contributed by atoms with E-state index >= 15 is 0 Å². The van der Waals surface area contributed by atoms with E-state index in [0.717, 1.165) is 5.56 Å². The van der Waals surface area contributed by atoms with Crippen molar-refractivity contribution in [1.82, 2.24) is 10.2 Å². The lowest BCUT2D eigenvalue weighted by atomic mass is 9.73. The molecule has 1 heterocycles. The van der Waals surface area contributed by atoms with Gasteiger partial charge >= 0.3 is 12.2 Å².